The average Bonchev–Trinajstić information content (AvgIpc) is 3.17. The normalized spacial score (nSPS) is 18.7. The van der Waals surface area contributed by atoms with E-state index in [1.54, 1.807) is 0 Å². The highest BCUT2D eigenvalue weighted by Crippen LogP contribution is 2.36. The first-order valence-corrected chi connectivity index (χ1v) is 9.10. The number of benzene rings is 1. The minimum absolute atomic E-state index is 0.223. The maximum Gasteiger partial charge on any atom is 0.235 e. The quantitative estimate of drug-likeness (QED) is 0.817. The third kappa shape index (κ3) is 3.65. The zero-order valence-electron chi connectivity index (χ0n) is 14.1. The Morgan fingerprint density at radius 2 is 2.17 bits per heavy atom. The maximum absolute atomic E-state index is 12.0. The zero-order valence-corrected chi connectivity index (χ0v) is 14.9. The van der Waals surface area contributed by atoms with Crippen LogP contribution in [0.25, 0.3) is 0 Å². The molecule has 1 saturated heterocycles. The van der Waals surface area contributed by atoms with E-state index >= 15 is 0 Å². The van der Waals surface area contributed by atoms with Gasteiger partial charge in [-0.25, -0.2) is 4.98 Å². The number of carbonyl (C=O) groups is 1. The van der Waals surface area contributed by atoms with Gasteiger partial charge in [-0.2, -0.15) is 0 Å². The molecule has 2 N–H and O–H groups in total. The Morgan fingerprint density at radius 1 is 1.42 bits per heavy atom. The fourth-order valence-corrected chi connectivity index (χ4v) is 4.09. The van der Waals surface area contributed by atoms with Crippen molar-refractivity contribution in [3.63, 3.8) is 0 Å². The second kappa shape index (κ2) is 7.40. The molecule has 0 saturated carbocycles. The Morgan fingerprint density at radius 3 is 2.79 bits per heavy atom. The third-order valence-corrected chi connectivity index (χ3v) is 5.68. The largest absolute Gasteiger partial charge is 0.376 e. The molecule has 6 heteroatoms. The molecule has 2 heterocycles. The third-order valence-electron chi connectivity index (χ3n) is 4.42. The Bertz CT molecular complexity index is 709. The van der Waals surface area contributed by atoms with Crippen LogP contribution in [0.3, 0.4) is 0 Å². The summed E-state index contributed by atoms with van der Waals surface area (Å²) in [6, 6.07) is 9.62. The van der Waals surface area contributed by atoms with E-state index in [9.17, 15) is 4.79 Å². The van der Waals surface area contributed by atoms with E-state index < -0.39 is 5.25 Å². The number of amides is 1. The van der Waals surface area contributed by atoms with E-state index in [0.717, 1.165) is 48.1 Å². The fourth-order valence-electron chi connectivity index (χ4n) is 2.94. The SMILES string of the molecule is Cc1nc(SC(C(N)=O)c2ccccc2)n(CC2CCCO2)c1C. The molecule has 3 rings (SSSR count). The number of nitrogens with two attached hydrogens (primary N) is 1. The molecule has 0 spiro atoms. The van der Waals surface area contributed by atoms with Gasteiger partial charge >= 0.3 is 0 Å². The van der Waals surface area contributed by atoms with Crippen LogP contribution < -0.4 is 5.73 Å². The Kier molecular flexibility index (Phi) is 5.26. The summed E-state index contributed by atoms with van der Waals surface area (Å²) in [5.74, 6) is -0.354. The van der Waals surface area contributed by atoms with Crippen LogP contribution in [0.5, 0.6) is 0 Å². The summed E-state index contributed by atoms with van der Waals surface area (Å²) in [5, 5.41) is 0.379. The van der Waals surface area contributed by atoms with Gasteiger partial charge in [-0.1, -0.05) is 42.1 Å². The van der Waals surface area contributed by atoms with E-state index in [4.69, 9.17) is 10.5 Å². The summed E-state index contributed by atoms with van der Waals surface area (Å²) >= 11 is 1.42. The van der Waals surface area contributed by atoms with Crippen molar-refractivity contribution in [2.75, 3.05) is 6.61 Å². The highest BCUT2D eigenvalue weighted by molar-refractivity contribution is 8.00. The average molecular weight is 345 g/mol. The van der Waals surface area contributed by atoms with Crippen LogP contribution in [0.2, 0.25) is 0 Å². The lowest BCUT2D eigenvalue weighted by atomic mass is 10.1. The predicted octanol–water partition coefficient (Wildman–Crippen LogP) is 3.00. The van der Waals surface area contributed by atoms with Crippen LogP contribution in [-0.2, 0) is 16.1 Å². The van der Waals surface area contributed by atoms with Crippen LogP contribution in [0.1, 0.15) is 35.0 Å². The first kappa shape index (κ1) is 17.0. The van der Waals surface area contributed by atoms with Gasteiger partial charge in [0.2, 0.25) is 5.91 Å². The van der Waals surface area contributed by atoms with Crippen molar-refractivity contribution in [3.8, 4) is 0 Å². The van der Waals surface area contributed by atoms with Crippen molar-refractivity contribution in [3.05, 3.63) is 47.3 Å². The van der Waals surface area contributed by atoms with Crippen molar-refractivity contribution < 1.29 is 9.53 Å². The van der Waals surface area contributed by atoms with Crippen LogP contribution in [0, 0.1) is 13.8 Å². The number of rotatable bonds is 6. The molecule has 5 nitrogen and oxygen atoms in total. The number of hydrogen-bond donors (Lipinski definition) is 1. The van der Waals surface area contributed by atoms with Gasteiger partial charge in [-0.05, 0) is 32.3 Å². The molecular weight excluding hydrogens is 322 g/mol. The van der Waals surface area contributed by atoms with Gasteiger partial charge in [-0.15, -0.1) is 0 Å². The Labute approximate surface area is 146 Å². The van der Waals surface area contributed by atoms with E-state index in [-0.39, 0.29) is 12.0 Å². The molecule has 2 unspecified atom stereocenters. The molecule has 1 fully saturated rings. The highest BCUT2D eigenvalue weighted by atomic mass is 32.2. The topological polar surface area (TPSA) is 70.1 Å². The number of imidazole rings is 1. The molecule has 1 amide bonds. The molecule has 1 aliphatic heterocycles. The summed E-state index contributed by atoms with van der Waals surface area (Å²) in [4.78, 5) is 16.7. The fraction of sp³-hybridized carbons (Fsp3) is 0.444. The van der Waals surface area contributed by atoms with Gasteiger partial charge < -0.3 is 15.0 Å². The summed E-state index contributed by atoms with van der Waals surface area (Å²) in [7, 11) is 0. The van der Waals surface area contributed by atoms with Crippen molar-refractivity contribution in [1.82, 2.24) is 9.55 Å². The van der Waals surface area contributed by atoms with Gasteiger partial charge in [0.25, 0.3) is 0 Å². The molecule has 1 aromatic heterocycles. The molecular formula is C18H23N3O2S. The summed E-state index contributed by atoms with van der Waals surface area (Å²) in [6.07, 6.45) is 2.40. The second-order valence-corrected chi connectivity index (χ2v) is 7.19. The van der Waals surface area contributed by atoms with Crippen molar-refractivity contribution in [2.24, 2.45) is 5.73 Å². The standard InChI is InChI=1S/C18H23N3O2S/c1-12-13(2)21(11-15-9-6-10-23-15)18(20-12)24-16(17(19)22)14-7-4-3-5-8-14/h3-5,7-8,15-16H,6,9-11H2,1-2H3,(H2,19,22). The van der Waals surface area contributed by atoms with Crippen LogP contribution in [-0.4, -0.2) is 28.2 Å². The highest BCUT2D eigenvalue weighted by Gasteiger charge is 2.25. The lowest BCUT2D eigenvalue weighted by Gasteiger charge is -2.17. The second-order valence-electron chi connectivity index (χ2n) is 6.12. The zero-order chi connectivity index (χ0) is 17.1. The summed E-state index contributed by atoms with van der Waals surface area (Å²) in [6.45, 7) is 5.65. The first-order chi connectivity index (χ1) is 11.6. The number of ether oxygens (including phenoxy) is 1. The lowest BCUT2D eigenvalue weighted by molar-refractivity contribution is -0.117. The predicted molar refractivity (Wildman–Crippen MR) is 94.9 cm³/mol. The number of primary amides is 1. The molecule has 0 radical (unpaired) electrons. The Hall–Kier alpha value is -1.79. The van der Waals surface area contributed by atoms with Crippen molar-refractivity contribution in [2.45, 2.75) is 49.7 Å². The van der Waals surface area contributed by atoms with Gasteiger partial charge in [0.1, 0.15) is 5.25 Å². The van der Waals surface area contributed by atoms with Crippen LogP contribution >= 0.6 is 11.8 Å². The van der Waals surface area contributed by atoms with Crippen LogP contribution in [0.15, 0.2) is 35.5 Å². The first-order valence-electron chi connectivity index (χ1n) is 8.22. The van der Waals surface area contributed by atoms with Crippen molar-refractivity contribution in [1.29, 1.82) is 0 Å². The number of hydrogen-bond acceptors (Lipinski definition) is 4. The van der Waals surface area contributed by atoms with Crippen LogP contribution in [0.4, 0.5) is 0 Å². The molecule has 1 aliphatic rings. The van der Waals surface area contributed by atoms with E-state index in [0.29, 0.717) is 0 Å². The number of nitrogens with zero attached hydrogens (tertiary/aromatic N) is 2. The smallest absolute Gasteiger partial charge is 0.235 e. The molecule has 0 aliphatic carbocycles. The van der Waals surface area contributed by atoms with Gasteiger partial charge in [0.05, 0.1) is 18.3 Å². The van der Waals surface area contributed by atoms with E-state index in [1.165, 1.54) is 11.8 Å². The summed E-state index contributed by atoms with van der Waals surface area (Å²) < 4.78 is 7.93. The van der Waals surface area contributed by atoms with E-state index in [1.807, 2.05) is 37.3 Å². The molecule has 2 aromatic rings. The molecule has 1 aromatic carbocycles. The number of thioether (sulfide) groups is 1. The lowest BCUT2D eigenvalue weighted by Crippen LogP contribution is -2.21. The molecule has 24 heavy (non-hydrogen) atoms. The summed E-state index contributed by atoms with van der Waals surface area (Å²) in [5.41, 5.74) is 8.65. The van der Waals surface area contributed by atoms with Gasteiger partial charge in [-0.3, -0.25) is 4.79 Å². The van der Waals surface area contributed by atoms with Gasteiger partial charge in [0.15, 0.2) is 5.16 Å². The molecule has 0 bridgehead atoms. The number of aromatic nitrogens is 2. The molecule has 2 atom stereocenters. The number of aryl methyl sites for hydroxylation is 1. The maximum atomic E-state index is 12.0. The number of carbonyl (C=O) groups excluding carboxylic acids is 1. The molecule has 128 valence electrons. The Balaban J connectivity index is 1.87. The van der Waals surface area contributed by atoms with Crippen molar-refractivity contribution >= 4 is 17.7 Å². The minimum Gasteiger partial charge on any atom is -0.376 e. The van der Waals surface area contributed by atoms with Gasteiger partial charge in [0, 0.05) is 12.3 Å². The minimum atomic E-state index is -0.448. The monoisotopic (exact) mass is 345 g/mol. The van der Waals surface area contributed by atoms with E-state index in [2.05, 4.69) is 16.5 Å².